The summed E-state index contributed by atoms with van der Waals surface area (Å²) < 4.78 is 1.89. The van der Waals surface area contributed by atoms with E-state index < -0.39 is 0 Å². The summed E-state index contributed by atoms with van der Waals surface area (Å²) in [5.74, 6) is 2.27. The summed E-state index contributed by atoms with van der Waals surface area (Å²) in [5.41, 5.74) is 1.79. The van der Waals surface area contributed by atoms with E-state index in [1.807, 2.05) is 34.5 Å². The van der Waals surface area contributed by atoms with Crippen LogP contribution >= 0.6 is 23.4 Å². The summed E-state index contributed by atoms with van der Waals surface area (Å²) in [7, 11) is 0. The van der Waals surface area contributed by atoms with Gasteiger partial charge in [-0.2, -0.15) is 11.8 Å². The van der Waals surface area contributed by atoms with Gasteiger partial charge in [0.15, 0.2) is 0 Å². The first kappa shape index (κ1) is 11.2. The van der Waals surface area contributed by atoms with Crippen LogP contribution in [0.15, 0.2) is 23.0 Å². The Morgan fingerprint density at radius 3 is 2.88 bits per heavy atom. The quantitative estimate of drug-likeness (QED) is 0.863. The van der Waals surface area contributed by atoms with Gasteiger partial charge in [0.25, 0.3) is 0 Å². The van der Waals surface area contributed by atoms with Gasteiger partial charge in [0.2, 0.25) is 0 Å². The van der Waals surface area contributed by atoms with Crippen LogP contribution in [0.2, 0.25) is 5.02 Å². The van der Waals surface area contributed by atoms with Crippen LogP contribution in [0.3, 0.4) is 0 Å². The van der Waals surface area contributed by atoms with Crippen molar-refractivity contribution in [1.29, 1.82) is 0 Å². The largest absolute Gasteiger partial charge is 0.326 e. The molecular formula is C12H13ClN2OS. The summed E-state index contributed by atoms with van der Waals surface area (Å²) in [6.07, 6.45) is 2.14. The molecule has 90 valence electrons. The molecule has 1 N–H and O–H groups in total. The average molecular weight is 269 g/mol. The van der Waals surface area contributed by atoms with E-state index in [9.17, 15) is 4.79 Å². The highest BCUT2D eigenvalue weighted by atomic mass is 35.5. The number of imidazole rings is 1. The first-order chi connectivity index (χ1) is 8.25. The minimum atomic E-state index is -0.0147. The Balaban J connectivity index is 2.14. The Morgan fingerprint density at radius 1 is 1.35 bits per heavy atom. The van der Waals surface area contributed by atoms with Crippen molar-refractivity contribution in [2.24, 2.45) is 0 Å². The second-order valence-corrected chi connectivity index (χ2v) is 5.97. The molecule has 0 aliphatic carbocycles. The van der Waals surface area contributed by atoms with Crippen LogP contribution in [0.25, 0.3) is 11.0 Å². The van der Waals surface area contributed by atoms with Crippen molar-refractivity contribution in [1.82, 2.24) is 9.55 Å². The number of hydrogen-bond acceptors (Lipinski definition) is 2. The summed E-state index contributed by atoms with van der Waals surface area (Å²) >= 11 is 7.89. The van der Waals surface area contributed by atoms with Crippen LogP contribution in [0.5, 0.6) is 0 Å². The van der Waals surface area contributed by atoms with Crippen molar-refractivity contribution in [3.05, 3.63) is 33.7 Å². The number of nitrogens with zero attached hydrogens (tertiary/aromatic N) is 1. The van der Waals surface area contributed by atoms with E-state index in [4.69, 9.17) is 11.6 Å². The lowest BCUT2D eigenvalue weighted by atomic mass is 10.1. The van der Waals surface area contributed by atoms with Gasteiger partial charge < -0.3 is 4.98 Å². The van der Waals surface area contributed by atoms with E-state index >= 15 is 0 Å². The highest BCUT2D eigenvalue weighted by Crippen LogP contribution is 2.28. The Kier molecular flexibility index (Phi) is 2.92. The van der Waals surface area contributed by atoms with Crippen molar-refractivity contribution >= 4 is 34.4 Å². The minimum Gasteiger partial charge on any atom is -0.305 e. The fourth-order valence-corrected chi connectivity index (χ4v) is 3.66. The Labute approximate surface area is 108 Å². The third-order valence-electron chi connectivity index (χ3n) is 3.23. The van der Waals surface area contributed by atoms with Crippen LogP contribution in [-0.4, -0.2) is 21.1 Å². The number of fused-ring (bicyclic) bond motifs is 1. The average Bonchev–Trinajstić information content (AvgIpc) is 2.65. The molecule has 0 saturated carbocycles. The molecule has 1 fully saturated rings. The number of H-pyrrole nitrogens is 1. The first-order valence-electron chi connectivity index (χ1n) is 5.73. The van der Waals surface area contributed by atoms with Crippen LogP contribution in [0, 0.1) is 0 Å². The van der Waals surface area contributed by atoms with Gasteiger partial charge >= 0.3 is 5.69 Å². The van der Waals surface area contributed by atoms with E-state index in [0.717, 1.165) is 35.4 Å². The predicted molar refractivity (Wildman–Crippen MR) is 73.2 cm³/mol. The van der Waals surface area contributed by atoms with Crippen LogP contribution < -0.4 is 5.69 Å². The van der Waals surface area contributed by atoms with Crippen molar-refractivity contribution in [3.8, 4) is 0 Å². The molecule has 2 aromatic rings. The molecule has 5 heteroatoms. The Morgan fingerprint density at radius 2 is 2.12 bits per heavy atom. The third-order valence-corrected chi connectivity index (χ3v) is 4.52. The lowest BCUT2D eigenvalue weighted by Crippen LogP contribution is -2.25. The molecule has 0 spiro atoms. The maximum atomic E-state index is 12.0. The summed E-state index contributed by atoms with van der Waals surface area (Å²) in [6.45, 7) is 0. The van der Waals surface area contributed by atoms with E-state index in [-0.39, 0.29) is 5.69 Å². The number of thioether (sulfide) groups is 1. The second kappa shape index (κ2) is 4.42. The van der Waals surface area contributed by atoms with Crippen molar-refractivity contribution in [2.75, 3.05) is 11.5 Å². The number of hydrogen-bond donors (Lipinski definition) is 1. The molecule has 0 radical (unpaired) electrons. The molecule has 0 bridgehead atoms. The topological polar surface area (TPSA) is 37.8 Å². The highest BCUT2D eigenvalue weighted by molar-refractivity contribution is 7.99. The molecule has 1 aliphatic heterocycles. The molecule has 1 aromatic carbocycles. The molecule has 1 aliphatic rings. The Hall–Kier alpha value is -0.870. The number of aromatic nitrogens is 2. The zero-order valence-electron chi connectivity index (χ0n) is 9.28. The van der Waals surface area contributed by atoms with Gasteiger partial charge in [-0.15, -0.1) is 0 Å². The fraction of sp³-hybridized carbons (Fsp3) is 0.417. The second-order valence-electron chi connectivity index (χ2n) is 4.31. The monoisotopic (exact) mass is 268 g/mol. The van der Waals surface area contributed by atoms with Crippen LogP contribution in [0.4, 0.5) is 0 Å². The molecule has 2 heterocycles. The lowest BCUT2D eigenvalue weighted by molar-refractivity contribution is 0.469. The summed E-state index contributed by atoms with van der Waals surface area (Å²) in [6, 6.07) is 5.91. The highest BCUT2D eigenvalue weighted by Gasteiger charge is 2.19. The smallest absolute Gasteiger partial charge is 0.305 e. The Bertz CT molecular complexity index is 598. The SMILES string of the molecule is O=c1[nH]c2cc(Cl)ccc2n1C1CCSCC1. The molecule has 1 aromatic heterocycles. The first-order valence-corrected chi connectivity index (χ1v) is 7.26. The molecular weight excluding hydrogens is 256 g/mol. The molecule has 0 unspecified atom stereocenters. The van der Waals surface area contributed by atoms with E-state index in [2.05, 4.69) is 4.98 Å². The molecule has 17 heavy (non-hydrogen) atoms. The van der Waals surface area contributed by atoms with Gasteiger partial charge in [-0.25, -0.2) is 4.79 Å². The molecule has 3 rings (SSSR count). The van der Waals surface area contributed by atoms with Crippen LogP contribution in [-0.2, 0) is 0 Å². The standard InChI is InChI=1S/C12H13ClN2OS/c13-8-1-2-11-10(7-8)14-12(16)15(11)9-3-5-17-6-4-9/h1-2,7,9H,3-6H2,(H,14,16). The van der Waals surface area contributed by atoms with Crippen molar-refractivity contribution in [3.63, 3.8) is 0 Å². The minimum absolute atomic E-state index is 0.0147. The van der Waals surface area contributed by atoms with Gasteiger partial charge in [0, 0.05) is 11.1 Å². The van der Waals surface area contributed by atoms with Gasteiger partial charge in [-0.05, 0) is 42.5 Å². The maximum Gasteiger partial charge on any atom is 0.326 e. The number of nitrogens with one attached hydrogen (secondary N) is 1. The number of halogens is 1. The van der Waals surface area contributed by atoms with Crippen molar-refractivity contribution in [2.45, 2.75) is 18.9 Å². The molecule has 3 nitrogen and oxygen atoms in total. The zero-order valence-corrected chi connectivity index (χ0v) is 10.9. The van der Waals surface area contributed by atoms with E-state index in [1.54, 1.807) is 0 Å². The van der Waals surface area contributed by atoms with Crippen molar-refractivity contribution < 1.29 is 0 Å². The maximum absolute atomic E-state index is 12.0. The van der Waals surface area contributed by atoms with E-state index in [0.29, 0.717) is 11.1 Å². The van der Waals surface area contributed by atoms with Gasteiger partial charge in [-0.1, -0.05) is 11.6 Å². The van der Waals surface area contributed by atoms with E-state index in [1.165, 1.54) is 0 Å². The number of benzene rings is 1. The molecule has 1 saturated heterocycles. The fourth-order valence-electron chi connectivity index (χ4n) is 2.41. The summed E-state index contributed by atoms with van der Waals surface area (Å²) in [4.78, 5) is 14.9. The van der Waals surface area contributed by atoms with Gasteiger partial charge in [0.05, 0.1) is 11.0 Å². The predicted octanol–water partition coefficient (Wildman–Crippen LogP) is 3.05. The number of aromatic amines is 1. The van der Waals surface area contributed by atoms with Gasteiger partial charge in [-0.3, -0.25) is 4.57 Å². The number of rotatable bonds is 1. The normalized spacial score (nSPS) is 17.7. The third kappa shape index (κ3) is 2.00. The van der Waals surface area contributed by atoms with Crippen LogP contribution in [0.1, 0.15) is 18.9 Å². The molecule has 0 amide bonds. The lowest BCUT2D eigenvalue weighted by Gasteiger charge is -2.22. The van der Waals surface area contributed by atoms with Gasteiger partial charge in [0.1, 0.15) is 0 Å². The summed E-state index contributed by atoms with van der Waals surface area (Å²) in [5, 5.41) is 0.657. The zero-order chi connectivity index (χ0) is 11.8. The molecule has 0 atom stereocenters.